The van der Waals surface area contributed by atoms with E-state index in [2.05, 4.69) is 0 Å². The molecule has 0 amide bonds. The normalized spacial score (nSPS) is 18.6. The highest BCUT2D eigenvalue weighted by atomic mass is 19.4. The van der Waals surface area contributed by atoms with Crippen LogP contribution in [-0.4, -0.2) is 30.0 Å². The standard InChI is InChI=1S/C16H17F3O4/c1-4-22-15(21)12-7-10-5-8(2)6-11(9(3)20)13(10)23-14(12)16(17,18)19/h5-7,9,14,20H,4H2,1-3H3. The third kappa shape index (κ3) is 3.50. The van der Waals surface area contributed by atoms with Gasteiger partial charge in [0.15, 0.2) is 0 Å². The monoisotopic (exact) mass is 330 g/mol. The van der Waals surface area contributed by atoms with Crippen molar-refractivity contribution in [3.05, 3.63) is 34.4 Å². The van der Waals surface area contributed by atoms with Crippen molar-refractivity contribution in [2.24, 2.45) is 0 Å². The maximum Gasteiger partial charge on any atom is 0.430 e. The largest absolute Gasteiger partial charge is 0.475 e. The van der Waals surface area contributed by atoms with Gasteiger partial charge in [0.05, 0.1) is 18.3 Å². The number of aryl methyl sites for hydroxylation is 1. The maximum atomic E-state index is 13.3. The van der Waals surface area contributed by atoms with Gasteiger partial charge >= 0.3 is 12.1 Å². The highest BCUT2D eigenvalue weighted by Crippen LogP contribution is 2.41. The number of carbonyl (C=O) groups is 1. The predicted octanol–water partition coefficient (Wildman–Crippen LogP) is 3.32. The van der Waals surface area contributed by atoms with E-state index in [0.29, 0.717) is 5.56 Å². The first kappa shape index (κ1) is 17.3. The zero-order valence-electron chi connectivity index (χ0n) is 12.9. The van der Waals surface area contributed by atoms with E-state index >= 15 is 0 Å². The average Bonchev–Trinajstić information content (AvgIpc) is 2.44. The number of aliphatic hydroxyl groups excluding tert-OH is 1. The zero-order chi connectivity index (χ0) is 17.4. The van der Waals surface area contributed by atoms with E-state index in [4.69, 9.17) is 9.47 Å². The summed E-state index contributed by atoms with van der Waals surface area (Å²) in [4.78, 5) is 11.8. The van der Waals surface area contributed by atoms with E-state index < -0.39 is 29.9 Å². The lowest BCUT2D eigenvalue weighted by Gasteiger charge is -2.30. The molecule has 1 N–H and O–H groups in total. The number of hydrogen-bond donors (Lipinski definition) is 1. The third-order valence-corrected chi connectivity index (χ3v) is 3.38. The van der Waals surface area contributed by atoms with Crippen LogP contribution >= 0.6 is 0 Å². The lowest BCUT2D eigenvalue weighted by Crippen LogP contribution is -2.41. The van der Waals surface area contributed by atoms with E-state index in [-0.39, 0.29) is 17.9 Å². The Morgan fingerprint density at radius 1 is 1.43 bits per heavy atom. The molecule has 0 radical (unpaired) electrons. The number of benzene rings is 1. The van der Waals surface area contributed by atoms with Crippen LogP contribution in [0.2, 0.25) is 0 Å². The smallest absolute Gasteiger partial charge is 0.430 e. The van der Waals surface area contributed by atoms with Gasteiger partial charge in [-0.2, -0.15) is 13.2 Å². The second-order valence-electron chi connectivity index (χ2n) is 5.31. The molecule has 0 aliphatic carbocycles. The van der Waals surface area contributed by atoms with Gasteiger partial charge in [-0.15, -0.1) is 0 Å². The van der Waals surface area contributed by atoms with Crippen molar-refractivity contribution in [2.75, 3.05) is 6.61 Å². The van der Waals surface area contributed by atoms with Crippen LogP contribution in [0.5, 0.6) is 5.75 Å². The molecule has 1 aliphatic rings. The molecule has 1 aromatic carbocycles. The summed E-state index contributed by atoms with van der Waals surface area (Å²) in [5.74, 6) is -1.14. The first-order valence-electron chi connectivity index (χ1n) is 7.09. The topological polar surface area (TPSA) is 55.8 Å². The molecule has 0 saturated carbocycles. The molecule has 126 valence electrons. The van der Waals surface area contributed by atoms with Crippen molar-refractivity contribution >= 4 is 12.0 Å². The summed E-state index contributed by atoms with van der Waals surface area (Å²) in [6.45, 7) is 4.64. The summed E-state index contributed by atoms with van der Waals surface area (Å²) in [7, 11) is 0. The number of halogens is 3. The summed E-state index contributed by atoms with van der Waals surface area (Å²) in [6, 6.07) is 3.15. The van der Waals surface area contributed by atoms with Crippen LogP contribution in [0, 0.1) is 6.92 Å². The first-order valence-corrected chi connectivity index (χ1v) is 7.09. The summed E-state index contributed by atoms with van der Waals surface area (Å²) < 4.78 is 49.5. The molecular formula is C16H17F3O4. The molecule has 1 aliphatic heterocycles. The van der Waals surface area contributed by atoms with Crippen molar-refractivity contribution in [1.29, 1.82) is 0 Å². The van der Waals surface area contributed by atoms with E-state index in [1.165, 1.54) is 13.8 Å². The number of hydrogen-bond acceptors (Lipinski definition) is 4. The molecule has 2 rings (SSSR count). The summed E-state index contributed by atoms with van der Waals surface area (Å²) >= 11 is 0. The van der Waals surface area contributed by atoms with Gasteiger partial charge in [-0.1, -0.05) is 0 Å². The number of carbonyl (C=O) groups excluding carboxylic acids is 1. The number of ether oxygens (including phenoxy) is 2. The molecule has 0 fully saturated rings. The van der Waals surface area contributed by atoms with Gasteiger partial charge in [-0.05, 0) is 44.5 Å². The van der Waals surface area contributed by atoms with Crippen molar-refractivity contribution < 1.29 is 32.5 Å². The number of rotatable bonds is 3. The van der Waals surface area contributed by atoms with E-state index in [0.717, 1.165) is 11.6 Å². The minimum absolute atomic E-state index is 0.0413. The third-order valence-electron chi connectivity index (χ3n) is 3.38. The molecule has 0 spiro atoms. The van der Waals surface area contributed by atoms with Crippen LogP contribution in [0.3, 0.4) is 0 Å². The molecular weight excluding hydrogens is 313 g/mol. The molecule has 4 nitrogen and oxygen atoms in total. The second-order valence-corrected chi connectivity index (χ2v) is 5.31. The Morgan fingerprint density at radius 2 is 2.09 bits per heavy atom. The number of esters is 1. The molecule has 7 heteroatoms. The number of aliphatic hydroxyl groups is 1. The molecule has 1 heterocycles. The van der Waals surface area contributed by atoms with Crippen LogP contribution in [0.4, 0.5) is 13.2 Å². The van der Waals surface area contributed by atoms with Gasteiger partial charge < -0.3 is 14.6 Å². The van der Waals surface area contributed by atoms with Gasteiger partial charge in [-0.25, -0.2) is 4.79 Å². The van der Waals surface area contributed by atoms with Crippen LogP contribution in [0.15, 0.2) is 17.7 Å². The van der Waals surface area contributed by atoms with Crippen LogP contribution in [0.25, 0.3) is 6.08 Å². The Bertz CT molecular complexity index is 647. The molecule has 2 unspecified atom stereocenters. The SMILES string of the molecule is CCOC(=O)C1=Cc2cc(C)cc(C(C)O)c2OC1C(F)(F)F. The quantitative estimate of drug-likeness (QED) is 0.864. The van der Waals surface area contributed by atoms with Crippen molar-refractivity contribution in [1.82, 2.24) is 0 Å². The fourth-order valence-electron chi connectivity index (χ4n) is 2.43. The Hall–Kier alpha value is -2.02. The molecule has 0 bridgehead atoms. The molecule has 0 saturated heterocycles. The van der Waals surface area contributed by atoms with Gasteiger partial charge in [0.1, 0.15) is 5.75 Å². The Balaban J connectivity index is 2.61. The zero-order valence-corrected chi connectivity index (χ0v) is 12.9. The van der Waals surface area contributed by atoms with Crippen LogP contribution < -0.4 is 4.74 Å². The predicted molar refractivity (Wildman–Crippen MR) is 76.9 cm³/mol. The lowest BCUT2D eigenvalue weighted by molar-refractivity contribution is -0.188. The fraction of sp³-hybridized carbons (Fsp3) is 0.438. The van der Waals surface area contributed by atoms with E-state index in [9.17, 15) is 23.1 Å². The maximum absolute atomic E-state index is 13.3. The Morgan fingerprint density at radius 3 is 2.61 bits per heavy atom. The second kappa shape index (κ2) is 6.23. The minimum atomic E-state index is -4.78. The highest BCUT2D eigenvalue weighted by Gasteiger charge is 2.49. The van der Waals surface area contributed by atoms with Crippen molar-refractivity contribution in [3.8, 4) is 5.75 Å². The Labute approximate surface area is 131 Å². The fourth-order valence-corrected chi connectivity index (χ4v) is 2.43. The van der Waals surface area contributed by atoms with Crippen molar-refractivity contribution in [3.63, 3.8) is 0 Å². The summed E-state index contributed by atoms with van der Waals surface area (Å²) in [5.41, 5.74) is 0.681. The highest BCUT2D eigenvalue weighted by molar-refractivity contribution is 5.96. The van der Waals surface area contributed by atoms with E-state index in [1.54, 1.807) is 19.1 Å². The van der Waals surface area contributed by atoms with Gasteiger partial charge in [0.25, 0.3) is 0 Å². The minimum Gasteiger partial charge on any atom is -0.475 e. The number of fused-ring (bicyclic) bond motifs is 1. The first-order chi connectivity index (χ1) is 10.6. The van der Waals surface area contributed by atoms with Crippen LogP contribution in [-0.2, 0) is 9.53 Å². The van der Waals surface area contributed by atoms with Crippen molar-refractivity contribution in [2.45, 2.75) is 39.2 Å². The van der Waals surface area contributed by atoms with Crippen LogP contribution in [0.1, 0.15) is 36.6 Å². The van der Waals surface area contributed by atoms with E-state index in [1.807, 2.05) is 0 Å². The summed E-state index contributed by atoms with van der Waals surface area (Å²) in [6.07, 6.45) is -7.09. The number of alkyl halides is 3. The lowest BCUT2D eigenvalue weighted by atomic mass is 9.95. The summed E-state index contributed by atoms with van der Waals surface area (Å²) in [5, 5.41) is 9.78. The van der Waals surface area contributed by atoms with Gasteiger partial charge in [0, 0.05) is 11.1 Å². The average molecular weight is 330 g/mol. The molecule has 0 aromatic heterocycles. The van der Waals surface area contributed by atoms with Gasteiger partial charge in [0.2, 0.25) is 6.10 Å². The molecule has 2 atom stereocenters. The molecule has 23 heavy (non-hydrogen) atoms. The molecule has 1 aromatic rings. The van der Waals surface area contributed by atoms with Gasteiger partial charge in [-0.3, -0.25) is 0 Å². The Kier molecular flexibility index (Phi) is 4.70.